The van der Waals surface area contributed by atoms with Gasteiger partial charge in [-0.05, 0) is 69.1 Å². The lowest BCUT2D eigenvalue weighted by Crippen LogP contribution is -2.25. The molecule has 0 amide bonds. The molecule has 0 bridgehead atoms. The molecule has 1 atom stereocenters. The zero-order valence-corrected chi connectivity index (χ0v) is 18.6. The Balaban J connectivity index is 2.13. The summed E-state index contributed by atoms with van der Waals surface area (Å²) in [4.78, 5) is 27.0. The minimum atomic E-state index is -1.01. The molecule has 0 aliphatic carbocycles. The van der Waals surface area contributed by atoms with Gasteiger partial charge in [-0.15, -0.1) is 0 Å². The van der Waals surface area contributed by atoms with Gasteiger partial charge in [0.25, 0.3) is 0 Å². The van der Waals surface area contributed by atoms with Crippen LogP contribution in [0, 0.1) is 11.6 Å². The third kappa shape index (κ3) is 5.05. The summed E-state index contributed by atoms with van der Waals surface area (Å²) in [6.45, 7) is 2.58. The summed E-state index contributed by atoms with van der Waals surface area (Å²) >= 11 is 0. The summed E-state index contributed by atoms with van der Waals surface area (Å²) in [6.07, 6.45) is 1.42. The molecule has 32 heavy (non-hydrogen) atoms. The van der Waals surface area contributed by atoms with Crippen molar-refractivity contribution in [3.05, 3.63) is 81.1 Å². The molecule has 0 aliphatic heterocycles. The molecule has 0 fully saturated rings. The maximum Gasteiger partial charge on any atom is 0.326 e. The van der Waals surface area contributed by atoms with Crippen molar-refractivity contribution in [1.29, 1.82) is 0 Å². The van der Waals surface area contributed by atoms with Gasteiger partial charge in [0.1, 0.15) is 6.04 Å². The van der Waals surface area contributed by atoms with Gasteiger partial charge < -0.3 is 14.6 Å². The van der Waals surface area contributed by atoms with Gasteiger partial charge in [0.05, 0.1) is 5.52 Å². The van der Waals surface area contributed by atoms with Crippen LogP contribution in [0.15, 0.2) is 47.3 Å². The van der Waals surface area contributed by atoms with Crippen LogP contribution >= 0.6 is 0 Å². The molecule has 1 heterocycles. The van der Waals surface area contributed by atoms with E-state index in [4.69, 9.17) is 0 Å². The van der Waals surface area contributed by atoms with Crippen molar-refractivity contribution in [3.63, 3.8) is 0 Å². The largest absolute Gasteiger partial charge is 0.480 e. The summed E-state index contributed by atoms with van der Waals surface area (Å²) in [5.74, 6) is -2.85. The molecular formula is C25H28F2N2O3. The number of pyridine rings is 1. The molecule has 1 unspecified atom stereocenters. The monoisotopic (exact) mass is 442 g/mol. The first-order chi connectivity index (χ1) is 15.2. The van der Waals surface area contributed by atoms with Gasteiger partial charge in [-0.1, -0.05) is 25.1 Å². The number of hydrogen-bond acceptors (Lipinski definition) is 3. The van der Waals surface area contributed by atoms with E-state index in [1.165, 1.54) is 18.2 Å². The first-order valence-corrected chi connectivity index (χ1v) is 10.7. The van der Waals surface area contributed by atoms with E-state index in [1.54, 1.807) is 17.6 Å². The van der Waals surface area contributed by atoms with E-state index in [-0.39, 0.29) is 23.8 Å². The lowest BCUT2D eigenvalue weighted by Gasteiger charge is -2.23. The molecule has 0 saturated carbocycles. The van der Waals surface area contributed by atoms with Crippen molar-refractivity contribution in [1.82, 2.24) is 9.47 Å². The summed E-state index contributed by atoms with van der Waals surface area (Å²) in [5.41, 5.74) is 2.01. The summed E-state index contributed by atoms with van der Waals surface area (Å²) in [6, 6.07) is 10.0. The molecular weight excluding hydrogens is 414 g/mol. The second-order valence-electron chi connectivity index (χ2n) is 8.25. The Morgan fingerprint density at radius 3 is 2.50 bits per heavy atom. The van der Waals surface area contributed by atoms with Crippen molar-refractivity contribution in [2.24, 2.45) is 0 Å². The fourth-order valence-electron chi connectivity index (χ4n) is 3.98. The second-order valence-corrected chi connectivity index (χ2v) is 8.25. The van der Waals surface area contributed by atoms with Crippen LogP contribution in [0.2, 0.25) is 0 Å². The molecule has 7 heteroatoms. The van der Waals surface area contributed by atoms with Crippen molar-refractivity contribution < 1.29 is 18.7 Å². The number of carboxylic acids is 1. The van der Waals surface area contributed by atoms with Gasteiger partial charge in [-0.2, -0.15) is 0 Å². The number of likely N-dealkylation sites (N-methyl/N-ethyl adjacent to an activating group) is 1. The Hall–Kier alpha value is -3.06. The number of hydrogen-bond donors (Lipinski definition) is 1. The van der Waals surface area contributed by atoms with E-state index >= 15 is 0 Å². The summed E-state index contributed by atoms with van der Waals surface area (Å²) in [7, 11) is 3.94. The Labute approximate surface area is 185 Å². The minimum Gasteiger partial charge on any atom is -0.480 e. The number of aromatic nitrogens is 1. The van der Waals surface area contributed by atoms with Crippen LogP contribution < -0.4 is 5.43 Å². The zero-order chi connectivity index (χ0) is 23.4. The number of rotatable bonds is 9. The number of fused-ring (bicyclic) bond motifs is 1. The number of aryl methyl sites for hydroxylation is 2. The van der Waals surface area contributed by atoms with E-state index in [2.05, 4.69) is 0 Å². The summed E-state index contributed by atoms with van der Waals surface area (Å²) < 4.78 is 29.4. The normalized spacial score (nSPS) is 12.4. The van der Waals surface area contributed by atoms with Crippen molar-refractivity contribution in [3.8, 4) is 0 Å². The maximum absolute atomic E-state index is 14.2. The minimum absolute atomic E-state index is 0.144. The number of aliphatic carboxylic acids is 1. The van der Waals surface area contributed by atoms with Crippen molar-refractivity contribution in [2.45, 2.75) is 38.6 Å². The van der Waals surface area contributed by atoms with Gasteiger partial charge >= 0.3 is 5.97 Å². The van der Waals surface area contributed by atoms with Gasteiger partial charge in [-0.25, -0.2) is 13.6 Å². The molecule has 2 aromatic carbocycles. The summed E-state index contributed by atoms with van der Waals surface area (Å²) in [5, 5.41) is 10.3. The first kappa shape index (κ1) is 23.6. The molecule has 1 N–H and O–H groups in total. The first-order valence-electron chi connectivity index (χ1n) is 10.7. The standard InChI is InChI=1S/C25H28F2N2O3/c1-4-21(25(31)32)29-18(10-9-17-6-5-7-20(26)24(17)27)15-23(30)19-11-8-16(14-22(19)29)12-13-28(2)3/h5-8,11,14-15,21H,4,9-10,12-13H2,1-3H3,(H,31,32). The SMILES string of the molecule is CCC(C(=O)O)n1c(CCc2cccc(F)c2F)cc(=O)c2ccc(CCN(C)C)cc21. The lowest BCUT2D eigenvalue weighted by molar-refractivity contribution is -0.140. The van der Waals surface area contributed by atoms with Crippen molar-refractivity contribution >= 4 is 16.9 Å². The Morgan fingerprint density at radius 2 is 1.84 bits per heavy atom. The number of carboxylic acid groups (broad SMARTS) is 1. The third-order valence-corrected chi connectivity index (χ3v) is 5.71. The molecule has 0 spiro atoms. The van der Waals surface area contributed by atoms with Crippen LogP contribution in [0.3, 0.4) is 0 Å². The molecule has 3 aromatic rings. The van der Waals surface area contributed by atoms with Gasteiger partial charge in [0.2, 0.25) is 0 Å². The number of nitrogens with zero attached hydrogens (tertiary/aromatic N) is 2. The molecule has 0 radical (unpaired) electrons. The molecule has 5 nitrogen and oxygen atoms in total. The highest BCUT2D eigenvalue weighted by Gasteiger charge is 2.23. The van der Waals surface area contributed by atoms with Gasteiger partial charge in [-0.3, -0.25) is 4.79 Å². The van der Waals surface area contributed by atoms with E-state index in [9.17, 15) is 23.5 Å². The molecule has 170 valence electrons. The smallest absolute Gasteiger partial charge is 0.326 e. The Morgan fingerprint density at radius 1 is 1.09 bits per heavy atom. The fraction of sp³-hybridized carbons (Fsp3) is 0.360. The topological polar surface area (TPSA) is 62.5 Å². The number of benzene rings is 2. The zero-order valence-electron chi connectivity index (χ0n) is 18.6. The van der Waals surface area contributed by atoms with Crippen LogP contribution in [-0.2, 0) is 24.1 Å². The van der Waals surface area contributed by atoms with E-state index in [1.807, 2.05) is 31.1 Å². The average molecular weight is 443 g/mol. The predicted octanol–water partition coefficient (Wildman–Crippen LogP) is 4.20. The average Bonchev–Trinajstić information content (AvgIpc) is 2.75. The Kier molecular flexibility index (Phi) is 7.40. The molecule has 0 saturated heterocycles. The van der Waals surface area contributed by atoms with Crippen LogP contribution in [0.1, 0.15) is 36.2 Å². The third-order valence-electron chi connectivity index (χ3n) is 5.71. The highest BCUT2D eigenvalue weighted by atomic mass is 19.2. The van der Waals surface area contributed by atoms with E-state index in [0.717, 1.165) is 24.6 Å². The van der Waals surface area contributed by atoms with Gasteiger partial charge in [0, 0.05) is 23.7 Å². The fourth-order valence-corrected chi connectivity index (χ4v) is 3.98. The second kappa shape index (κ2) is 10.0. The quantitative estimate of drug-likeness (QED) is 0.539. The molecule has 3 rings (SSSR count). The van der Waals surface area contributed by atoms with Crippen LogP contribution in [-0.4, -0.2) is 41.2 Å². The molecule has 1 aromatic heterocycles. The van der Waals surface area contributed by atoms with E-state index in [0.29, 0.717) is 23.0 Å². The van der Waals surface area contributed by atoms with Crippen molar-refractivity contribution in [2.75, 3.05) is 20.6 Å². The maximum atomic E-state index is 14.2. The lowest BCUT2D eigenvalue weighted by atomic mass is 10.0. The van der Waals surface area contributed by atoms with Crippen LogP contribution in [0.5, 0.6) is 0 Å². The molecule has 0 aliphatic rings. The number of halogens is 2. The van der Waals surface area contributed by atoms with Crippen LogP contribution in [0.4, 0.5) is 8.78 Å². The van der Waals surface area contributed by atoms with E-state index < -0.39 is 23.6 Å². The van der Waals surface area contributed by atoms with Crippen LogP contribution in [0.25, 0.3) is 10.9 Å². The Bertz CT molecular complexity index is 1190. The van der Waals surface area contributed by atoms with Gasteiger partial charge in [0.15, 0.2) is 17.1 Å². The number of carbonyl (C=O) groups is 1. The highest BCUT2D eigenvalue weighted by Crippen LogP contribution is 2.25. The predicted molar refractivity (Wildman–Crippen MR) is 121 cm³/mol. The highest BCUT2D eigenvalue weighted by molar-refractivity contribution is 5.83.